The maximum Gasteiger partial charge on any atom is 0.306 e. The molecule has 1 rings (SSSR count). The van der Waals surface area contributed by atoms with E-state index in [1.54, 1.807) is 0 Å². The van der Waals surface area contributed by atoms with Crippen molar-refractivity contribution in [3.63, 3.8) is 0 Å². The van der Waals surface area contributed by atoms with Gasteiger partial charge in [0.1, 0.15) is 16.9 Å². The van der Waals surface area contributed by atoms with Crippen LogP contribution in [0.25, 0.3) is 0 Å². The first kappa shape index (κ1) is 9.79. The zero-order valence-electron chi connectivity index (χ0n) is 6.08. The van der Waals surface area contributed by atoms with Gasteiger partial charge in [-0.25, -0.2) is 13.8 Å². The molecule has 1 heterocycles. The van der Waals surface area contributed by atoms with E-state index in [4.69, 9.17) is 11.6 Å². The molecule has 0 amide bonds. The van der Waals surface area contributed by atoms with Crippen molar-refractivity contribution in [3.8, 4) is 0 Å². The highest BCUT2D eigenvalue weighted by molar-refractivity contribution is 6.32. The molecular formula is C6H3ClF2N2O2. The molecule has 13 heavy (non-hydrogen) atoms. The van der Waals surface area contributed by atoms with Crippen molar-refractivity contribution in [1.82, 2.24) is 4.98 Å². The van der Waals surface area contributed by atoms with Gasteiger partial charge in [-0.3, -0.25) is 10.1 Å². The average molecular weight is 209 g/mol. The van der Waals surface area contributed by atoms with Crippen molar-refractivity contribution in [1.29, 1.82) is 0 Å². The average Bonchev–Trinajstić information content (AvgIpc) is 2.03. The monoisotopic (exact) mass is 208 g/mol. The zero-order valence-corrected chi connectivity index (χ0v) is 6.83. The molecule has 0 aliphatic heterocycles. The first-order valence-electron chi connectivity index (χ1n) is 3.10. The van der Waals surface area contributed by atoms with Gasteiger partial charge in [-0.2, -0.15) is 0 Å². The molecular weight excluding hydrogens is 206 g/mol. The number of halogens is 3. The number of nitrogens with zero attached hydrogens (tertiary/aromatic N) is 2. The van der Waals surface area contributed by atoms with E-state index in [0.717, 1.165) is 6.07 Å². The van der Waals surface area contributed by atoms with Crippen LogP contribution in [0.3, 0.4) is 0 Å². The number of alkyl halides is 2. The van der Waals surface area contributed by atoms with E-state index in [-0.39, 0.29) is 5.02 Å². The summed E-state index contributed by atoms with van der Waals surface area (Å²) in [4.78, 5) is 12.6. The molecule has 0 radical (unpaired) electrons. The highest BCUT2D eigenvalue weighted by atomic mass is 35.5. The van der Waals surface area contributed by atoms with Crippen LogP contribution in [-0.4, -0.2) is 9.91 Å². The molecule has 0 aromatic carbocycles. The summed E-state index contributed by atoms with van der Waals surface area (Å²) in [6.45, 7) is 0. The zero-order chi connectivity index (χ0) is 10.0. The van der Waals surface area contributed by atoms with Crippen molar-refractivity contribution < 1.29 is 13.7 Å². The maximum absolute atomic E-state index is 12.0. The summed E-state index contributed by atoms with van der Waals surface area (Å²) in [6, 6.07) is 0.782. The Morgan fingerprint density at radius 3 is 2.62 bits per heavy atom. The summed E-state index contributed by atoms with van der Waals surface area (Å²) in [6.07, 6.45) is -2.07. The fourth-order valence-corrected chi connectivity index (χ4v) is 0.922. The van der Waals surface area contributed by atoms with Gasteiger partial charge in [-0.15, -0.1) is 0 Å². The van der Waals surface area contributed by atoms with Crippen LogP contribution in [0.2, 0.25) is 5.02 Å². The number of hydrogen-bond acceptors (Lipinski definition) is 3. The summed E-state index contributed by atoms with van der Waals surface area (Å²) in [5.74, 6) is 0. The van der Waals surface area contributed by atoms with Crippen LogP contribution in [0.4, 0.5) is 14.5 Å². The van der Waals surface area contributed by atoms with Gasteiger partial charge in [-0.05, 0) is 6.07 Å². The number of nitro groups is 1. The van der Waals surface area contributed by atoms with Gasteiger partial charge in [0.05, 0.1) is 4.92 Å². The molecule has 0 atom stereocenters. The summed E-state index contributed by atoms with van der Waals surface area (Å²) >= 11 is 5.35. The Kier molecular flexibility index (Phi) is 2.72. The lowest BCUT2D eigenvalue weighted by atomic mass is 10.3. The predicted octanol–water partition coefficient (Wildman–Crippen LogP) is 2.58. The molecule has 0 aliphatic carbocycles. The normalized spacial score (nSPS) is 10.5. The molecule has 0 aliphatic rings. The van der Waals surface area contributed by atoms with Crippen LogP contribution in [-0.2, 0) is 0 Å². The van der Waals surface area contributed by atoms with Gasteiger partial charge in [0, 0.05) is 0 Å². The number of aromatic nitrogens is 1. The number of rotatable bonds is 2. The predicted molar refractivity (Wildman–Crippen MR) is 40.9 cm³/mol. The van der Waals surface area contributed by atoms with Gasteiger partial charge in [0.2, 0.25) is 0 Å². The Morgan fingerprint density at radius 1 is 1.62 bits per heavy atom. The molecule has 4 nitrogen and oxygen atoms in total. The van der Waals surface area contributed by atoms with E-state index in [9.17, 15) is 18.9 Å². The first-order valence-corrected chi connectivity index (χ1v) is 3.48. The molecule has 70 valence electrons. The topological polar surface area (TPSA) is 56.0 Å². The fourth-order valence-electron chi connectivity index (χ4n) is 0.692. The second kappa shape index (κ2) is 3.61. The van der Waals surface area contributed by atoms with Crippen LogP contribution in [0.1, 0.15) is 12.1 Å². The lowest BCUT2D eigenvalue weighted by Gasteiger charge is -1.98. The SMILES string of the molecule is O=[N+]([O-])c1cnc(C(F)F)cc1Cl. The molecule has 0 unspecified atom stereocenters. The number of pyridine rings is 1. The molecule has 0 fully saturated rings. The van der Waals surface area contributed by atoms with Gasteiger partial charge >= 0.3 is 5.69 Å². The highest BCUT2D eigenvalue weighted by Crippen LogP contribution is 2.26. The third-order valence-corrected chi connectivity index (χ3v) is 1.58. The Bertz CT molecular complexity index is 345. The van der Waals surface area contributed by atoms with Crippen molar-refractivity contribution in [2.75, 3.05) is 0 Å². The molecule has 0 saturated carbocycles. The lowest BCUT2D eigenvalue weighted by Crippen LogP contribution is -1.94. The van der Waals surface area contributed by atoms with Crippen LogP contribution in [0, 0.1) is 10.1 Å². The molecule has 0 saturated heterocycles. The van der Waals surface area contributed by atoms with Crippen LogP contribution in [0.15, 0.2) is 12.3 Å². The molecule has 0 N–H and O–H groups in total. The van der Waals surface area contributed by atoms with Crippen LogP contribution in [0.5, 0.6) is 0 Å². The largest absolute Gasteiger partial charge is 0.306 e. The second-order valence-electron chi connectivity index (χ2n) is 2.12. The van der Waals surface area contributed by atoms with E-state index < -0.39 is 22.7 Å². The summed E-state index contributed by atoms with van der Waals surface area (Å²) in [7, 11) is 0. The smallest absolute Gasteiger partial charge is 0.258 e. The third kappa shape index (κ3) is 2.09. The molecule has 0 spiro atoms. The van der Waals surface area contributed by atoms with Crippen molar-refractivity contribution in [2.24, 2.45) is 0 Å². The molecule has 0 bridgehead atoms. The molecule has 1 aromatic heterocycles. The summed E-state index contributed by atoms with van der Waals surface area (Å²) < 4.78 is 24.0. The Labute approximate surface area is 76.3 Å². The summed E-state index contributed by atoms with van der Waals surface area (Å²) in [5.41, 5.74) is -1.05. The van der Waals surface area contributed by atoms with E-state index in [1.807, 2.05) is 0 Å². The Balaban J connectivity index is 3.13. The third-order valence-electron chi connectivity index (χ3n) is 1.28. The van der Waals surface area contributed by atoms with E-state index >= 15 is 0 Å². The maximum atomic E-state index is 12.0. The minimum atomic E-state index is -2.78. The Morgan fingerprint density at radius 2 is 2.23 bits per heavy atom. The van der Waals surface area contributed by atoms with E-state index in [0.29, 0.717) is 6.20 Å². The Hall–Kier alpha value is -1.30. The van der Waals surface area contributed by atoms with Crippen molar-refractivity contribution in [3.05, 3.63) is 33.1 Å². The lowest BCUT2D eigenvalue weighted by molar-refractivity contribution is -0.385. The first-order chi connectivity index (χ1) is 6.02. The van der Waals surface area contributed by atoms with Gasteiger partial charge in [-0.1, -0.05) is 11.6 Å². The van der Waals surface area contributed by atoms with E-state index in [1.165, 1.54) is 0 Å². The standard InChI is InChI=1S/C6H3ClF2N2O2/c7-3-1-4(6(8)9)10-2-5(3)11(12)13/h1-2,6H. The van der Waals surface area contributed by atoms with Gasteiger partial charge in [0.15, 0.2) is 0 Å². The molecule has 1 aromatic rings. The second-order valence-corrected chi connectivity index (χ2v) is 2.53. The molecule has 7 heteroatoms. The van der Waals surface area contributed by atoms with Crippen LogP contribution < -0.4 is 0 Å². The van der Waals surface area contributed by atoms with Crippen LogP contribution >= 0.6 is 11.6 Å². The fraction of sp³-hybridized carbons (Fsp3) is 0.167. The quantitative estimate of drug-likeness (QED) is 0.554. The van der Waals surface area contributed by atoms with Gasteiger partial charge in [0.25, 0.3) is 6.43 Å². The van der Waals surface area contributed by atoms with Crippen molar-refractivity contribution in [2.45, 2.75) is 6.43 Å². The van der Waals surface area contributed by atoms with E-state index in [2.05, 4.69) is 4.98 Å². The van der Waals surface area contributed by atoms with Crippen molar-refractivity contribution >= 4 is 17.3 Å². The highest BCUT2D eigenvalue weighted by Gasteiger charge is 2.17. The minimum Gasteiger partial charge on any atom is -0.258 e. The summed E-state index contributed by atoms with van der Waals surface area (Å²) in [5, 5.41) is 9.86. The minimum absolute atomic E-state index is 0.338. The number of hydrogen-bond donors (Lipinski definition) is 0. The van der Waals surface area contributed by atoms with Gasteiger partial charge < -0.3 is 0 Å².